The molecule has 1 heterocycles. The van der Waals surface area contributed by atoms with Crippen LogP contribution in [0.25, 0.3) is 0 Å². The highest BCUT2D eigenvalue weighted by molar-refractivity contribution is 6.31. The molecule has 0 bridgehead atoms. The highest BCUT2D eigenvalue weighted by Crippen LogP contribution is 2.39. The molecular formula is C21H24Cl2N4O3. The molecule has 9 heteroatoms. The van der Waals surface area contributed by atoms with E-state index in [-0.39, 0.29) is 12.1 Å². The number of urea groups is 2. The summed E-state index contributed by atoms with van der Waals surface area (Å²) in [7, 11) is 0. The SMILES string of the molecule is CC(C)N1C(=O)N(c2cccc(Cl)c2)[C@@H](N(O)C(=O)Nc2cccc(Cl)c2)C1(C)C. The number of hydrogen-bond acceptors (Lipinski definition) is 3. The predicted molar refractivity (Wildman–Crippen MR) is 118 cm³/mol. The minimum absolute atomic E-state index is 0.163. The van der Waals surface area contributed by atoms with E-state index in [0.717, 1.165) is 0 Å². The number of hydroxylamine groups is 2. The van der Waals surface area contributed by atoms with E-state index in [2.05, 4.69) is 5.32 Å². The number of halogens is 2. The lowest BCUT2D eigenvalue weighted by Gasteiger charge is -2.39. The summed E-state index contributed by atoms with van der Waals surface area (Å²) >= 11 is 12.1. The average Bonchev–Trinajstić information content (AvgIpc) is 2.86. The summed E-state index contributed by atoms with van der Waals surface area (Å²) in [6.45, 7) is 7.36. The van der Waals surface area contributed by atoms with Crippen molar-refractivity contribution in [3.8, 4) is 0 Å². The van der Waals surface area contributed by atoms with Crippen molar-refractivity contribution in [2.75, 3.05) is 10.2 Å². The number of carbonyl (C=O) groups excluding carboxylic acids is 2. The van der Waals surface area contributed by atoms with E-state index < -0.39 is 17.7 Å². The maximum absolute atomic E-state index is 13.3. The maximum Gasteiger partial charge on any atom is 0.347 e. The Hall–Kier alpha value is -2.48. The van der Waals surface area contributed by atoms with Crippen molar-refractivity contribution in [3.05, 3.63) is 58.6 Å². The van der Waals surface area contributed by atoms with Gasteiger partial charge in [0.2, 0.25) is 0 Å². The van der Waals surface area contributed by atoms with E-state index in [1.807, 2.05) is 13.8 Å². The highest BCUT2D eigenvalue weighted by Gasteiger charge is 2.56. The van der Waals surface area contributed by atoms with Crippen molar-refractivity contribution >= 4 is 46.6 Å². The Bertz CT molecular complexity index is 967. The number of rotatable bonds is 4. The van der Waals surface area contributed by atoms with Crippen LogP contribution in [0.15, 0.2) is 48.5 Å². The molecule has 1 fully saturated rings. The van der Waals surface area contributed by atoms with Gasteiger partial charge >= 0.3 is 12.1 Å². The molecule has 0 aromatic heterocycles. The summed E-state index contributed by atoms with van der Waals surface area (Å²) in [6.07, 6.45) is -1.01. The van der Waals surface area contributed by atoms with E-state index >= 15 is 0 Å². The van der Waals surface area contributed by atoms with Crippen LogP contribution in [0.4, 0.5) is 21.0 Å². The first-order valence-corrected chi connectivity index (χ1v) is 10.2. The smallest absolute Gasteiger partial charge is 0.313 e. The van der Waals surface area contributed by atoms with Crippen LogP contribution in [0, 0.1) is 0 Å². The monoisotopic (exact) mass is 450 g/mol. The van der Waals surface area contributed by atoms with Crippen LogP contribution in [-0.4, -0.2) is 45.0 Å². The van der Waals surface area contributed by atoms with Gasteiger partial charge in [0.1, 0.15) is 0 Å². The van der Waals surface area contributed by atoms with Gasteiger partial charge < -0.3 is 10.2 Å². The number of benzene rings is 2. The molecule has 0 unspecified atom stereocenters. The van der Waals surface area contributed by atoms with Crippen LogP contribution in [0.3, 0.4) is 0 Å². The molecule has 30 heavy (non-hydrogen) atoms. The molecule has 2 aromatic rings. The molecule has 7 nitrogen and oxygen atoms in total. The first kappa shape index (κ1) is 22.2. The topological polar surface area (TPSA) is 76.1 Å². The summed E-state index contributed by atoms with van der Waals surface area (Å²) in [6, 6.07) is 12.0. The quantitative estimate of drug-likeness (QED) is 0.465. The average molecular weight is 451 g/mol. The summed E-state index contributed by atoms with van der Waals surface area (Å²) in [5.74, 6) is 0. The minimum Gasteiger partial charge on any atom is -0.313 e. The normalized spacial score (nSPS) is 18.1. The van der Waals surface area contributed by atoms with Gasteiger partial charge in [-0.05, 0) is 64.1 Å². The Balaban J connectivity index is 2.00. The molecule has 0 aliphatic carbocycles. The second kappa shape index (κ2) is 8.34. The fourth-order valence-corrected chi connectivity index (χ4v) is 4.31. The van der Waals surface area contributed by atoms with Gasteiger partial charge in [-0.15, -0.1) is 0 Å². The van der Waals surface area contributed by atoms with Gasteiger partial charge in [0.05, 0.1) is 5.54 Å². The number of amides is 4. The molecule has 0 saturated carbocycles. The van der Waals surface area contributed by atoms with E-state index in [9.17, 15) is 14.8 Å². The first-order chi connectivity index (χ1) is 14.0. The molecule has 0 spiro atoms. The van der Waals surface area contributed by atoms with Gasteiger partial charge in [-0.3, -0.25) is 10.1 Å². The Kier molecular flexibility index (Phi) is 6.17. The molecule has 2 aromatic carbocycles. The van der Waals surface area contributed by atoms with Crippen LogP contribution in [-0.2, 0) is 0 Å². The number of nitrogens with one attached hydrogen (secondary N) is 1. The lowest BCUT2D eigenvalue weighted by Crippen LogP contribution is -2.58. The number of nitrogens with zero attached hydrogens (tertiary/aromatic N) is 3. The van der Waals surface area contributed by atoms with Gasteiger partial charge in [0, 0.05) is 27.5 Å². The van der Waals surface area contributed by atoms with Crippen molar-refractivity contribution < 1.29 is 14.8 Å². The first-order valence-electron chi connectivity index (χ1n) is 9.46. The van der Waals surface area contributed by atoms with Gasteiger partial charge in [0.25, 0.3) is 0 Å². The van der Waals surface area contributed by atoms with Crippen molar-refractivity contribution in [2.45, 2.75) is 45.4 Å². The van der Waals surface area contributed by atoms with Crippen molar-refractivity contribution in [1.29, 1.82) is 0 Å². The van der Waals surface area contributed by atoms with Gasteiger partial charge in [-0.25, -0.2) is 9.59 Å². The number of anilines is 2. The second-order valence-electron chi connectivity index (χ2n) is 7.91. The largest absolute Gasteiger partial charge is 0.347 e. The molecule has 0 radical (unpaired) electrons. The van der Waals surface area contributed by atoms with Gasteiger partial charge in [-0.2, -0.15) is 5.06 Å². The molecule has 4 amide bonds. The molecular weight excluding hydrogens is 427 g/mol. The van der Waals surface area contributed by atoms with Crippen LogP contribution >= 0.6 is 23.2 Å². The summed E-state index contributed by atoms with van der Waals surface area (Å²) in [5, 5.41) is 15.0. The Morgan fingerprint density at radius 3 is 2.30 bits per heavy atom. The van der Waals surface area contributed by atoms with Crippen LogP contribution < -0.4 is 10.2 Å². The summed E-state index contributed by atoms with van der Waals surface area (Å²) in [5.41, 5.74) is -0.0133. The predicted octanol–water partition coefficient (Wildman–Crippen LogP) is 5.67. The molecule has 1 aliphatic rings. The van der Waals surface area contributed by atoms with Gasteiger partial charge in [-0.1, -0.05) is 35.3 Å². The summed E-state index contributed by atoms with van der Waals surface area (Å²) < 4.78 is 0. The molecule has 1 saturated heterocycles. The number of hydrogen-bond donors (Lipinski definition) is 2. The molecule has 1 aliphatic heterocycles. The van der Waals surface area contributed by atoms with Crippen molar-refractivity contribution in [3.63, 3.8) is 0 Å². The lowest BCUT2D eigenvalue weighted by atomic mass is 9.98. The summed E-state index contributed by atoms with van der Waals surface area (Å²) in [4.78, 5) is 29.2. The Labute approximate surface area is 185 Å². The zero-order chi connectivity index (χ0) is 22.2. The van der Waals surface area contributed by atoms with Crippen molar-refractivity contribution in [2.24, 2.45) is 0 Å². The van der Waals surface area contributed by atoms with E-state index in [1.54, 1.807) is 67.3 Å². The van der Waals surface area contributed by atoms with E-state index in [1.165, 1.54) is 4.90 Å². The van der Waals surface area contributed by atoms with E-state index in [4.69, 9.17) is 23.2 Å². The van der Waals surface area contributed by atoms with E-state index in [0.29, 0.717) is 26.5 Å². The minimum atomic E-state index is -1.01. The third-order valence-electron chi connectivity index (χ3n) is 5.03. The Morgan fingerprint density at radius 1 is 1.13 bits per heavy atom. The highest BCUT2D eigenvalue weighted by atomic mass is 35.5. The van der Waals surface area contributed by atoms with Gasteiger partial charge in [0.15, 0.2) is 6.17 Å². The number of carbonyl (C=O) groups is 2. The molecule has 3 rings (SSSR count). The van der Waals surface area contributed by atoms with Crippen LogP contribution in [0.5, 0.6) is 0 Å². The maximum atomic E-state index is 13.3. The fourth-order valence-electron chi connectivity index (χ4n) is 3.94. The Morgan fingerprint density at radius 2 is 1.73 bits per heavy atom. The second-order valence-corrected chi connectivity index (χ2v) is 8.78. The molecule has 1 atom stereocenters. The zero-order valence-corrected chi connectivity index (χ0v) is 18.6. The molecule has 160 valence electrons. The zero-order valence-electron chi connectivity index (χ0n) is 17.1. The van der Waals surface area contributed by atoms with Crippen molar-refractivity contribution in [1.82, 2.24) is 9.96 Å². The van der Waals surface area contributed by atoms with Crippen LogP contribution in [0.1, 0.15) is 27.7 Å². The third-order valence-corrected chi connectivity index (χ3v) is 5.50. The lowest BCUT2D eigenvalue weighted by molar-refractivity contribution is -0.0968. The fraction of sp³-hybridized carbons (Fsp3) is 0.333. The molecule has 2 N–H and O–H groups in total. The third kappa shape index (κ3) is 4.05. The van der Waals surface area contributed by atoms with Crippen LogP contribution in [0.2, 0.25) is 10.0 Å². The standard InChI is InChI=1S/C21H24Cl2N4O3/c1-13(2)26-20(29)25(17-10-6-8-15(23)12-17)18(21(26,3)4)27(30)19(28)24-16-9-5-7-14(22)11-16/h5-13,18,30H,1-4H3,(H,24,28)/t18-/m0/s1.